The molecule has 3 nitrogen and oxygen atoms in total. The van der Waals surface area contributed by atoms with Crippen molar-refractivity contribution < 1.29 is 18.0 Å². The maximum atomic E-state index is 11.7. The number of carbonyl (C=O) groups excluding carboxylic acids is 1. The molecule has 6 heteroatoms. The van der Waals surface area contributed by atoms with Crippen molar-refractivity contribution in [1.29, 1.82) is 0 Å². The van der Waals surface area contributed by atoms with E-state index in [1.54, 1.807) is 0 Å². The van der Waals surface area contributed by atoms with Gasteiger partial charge in [-0.25, -0.2) is 4.79 Å². The summed E-state index contributed by atoms with van der Waals surface area (Å²) in [6.45, 7) is 0.0675. The van der Waals surface area contributed by atoms with Gasteiger partial charge in [0.2, 0.25) is 0 Å². The summed E-state index contributed by atoms with van der Waals surface area (Å²) in [5.74, 6) is 0. The Bertz CT molecular complexity index is 201. The van der Waals surface area contributed by atoms with Gasteiger partial charge in [-0.1, -0.05) is 0 Å². The first kappa shape index (κ1) is 11.1. The Hall–Kier alpha value is -0.940. The van der Waals surface area contributed by atoms with Crippen LogP contribution in [0.15, 0.2) is 0 Å². The van der Waals surface area contributed by atoms with Gasteiger partial charge in [-0.3, -0.25) is 0 Å². The lowest BCUT2D eigenvalue weighted by molar-refractivity contribution is -0.135. The number of urea groups is 1. The molecule has 0 aliphatic heterocycles. The zero-order chi connectivity index (χ0) is 10.6. The zero-order valence-electron chi connectivity index (χ0n) is 7.66. The zero-order valence-corrected chi connectivity index (χ0v) is 7.66. The van der Waals surface area contributed by atoms with Crippen LogP contribution in [0, 0.1) is 0 Å². The summed E-state index contributed by atoms with van der Waals surface area (Å²) in [7, 11) is 0. The van der Waals surface area contributed by atoms with Gasteiger partial charge in [0, 0.05) is 19.0 Å². The van der Waals surface area contributed by atoms with Crippen LogP contribution in [0.25, 0.3) is 0 Å². The predicted molar refractivity (Wildman–Crippen MR) is 44.8 cm³/mol. The second-order valence-electron chi connectivity index (χ2n) is 3.39. The van der Waals surface area contributed by atoms with Crippen molar-refractivity contribution in [2.24, 2.45) is 0 Å². The van der Waals surface area contributed by atoms with Crippen LogP contribution in [0.3, 0.4) is 0 Å². The van der Waals surface area contributed by atoms with E-state index in [-0.39, 0.29) is 25.0 Å². The van der Waals surface area contributed by atoms with E-state index in [4.69, 9.17) is 0 Å². The highest BCUT2D eigenvalue weighted by Gasteiger charge is 2.26. The molecular weight excluding hydrogens is 197 g/mol. The summed E-state index contributed by atoms with van der Waals surface area (Å²) in [6, 6.07) is -0.132. The first-order chi connectivity index (χ1) is 6.47. The summed E-state index contributed by atoms with van der Waals surface area (Å²) in [5.41, 5.74) is 0. The maximum Gasteiger partial charge on any atom is 0.389 e. The van der Waals surface area contributed by atoms with Gasteiger partial charge in [-0.15, -0.1) is 0 Å². The molecule has 0 radical (unpaired) electrons. The number of hydrogen-bond donors (Lipinski definition) is 2. The molecular formula is C8H13F3N2O. The summed E-state index contributed by atoms with van der Waals surface area (Å²) in [6.07, 6.45) is -3.11. The third kappa shape index (κ3) is 5.66. The van der Waals surface area contributed by atoms with Crippen LogP contribution in [0.1, 0.15) is 25.7 Å². The van der Waals surface area contributed by atoms with Crippen LogP contribution in [-0.4, -0.2) is 24.8 Å². The first-order valence-electron chi connectivity index (χ1n) is 4.58. The van der Waals surface area contributed by atoms with Crippen molar-refractivity contribution in [2.75, 3.05) is 6.54 Å². The number of nitrogens with one attached hydrogen (secondary N) is 2. The Balaban J connectivity index is 1.94. The molecule has 0 unspecified atom stereocenters. The Kier molecular flexibility index (Phi) is 3.60. The quantitative estimate of drug-likeness (QED) is 0.682. The van der Waals surface area contributed by atoms with Crippen LogP contribution in [0.5, 0.6) is 0 Å². The monoisotopic (exact) mass is 210 g/mol. The van der Waals surface area contributed by atoms with E-state index in [1.165, 1.54) is 0 Å². The van der Waals surface area contributed by atoms with Gasteiger partial charge < -0.3 is 10.6 Å². The molecule has 0 atom stereocenters. The number of amides is 2. The number of halogens is 3. The molecule has 1 fully saturated rings. The number of alkyl halides is 3. The summed E-state index contributed by atoms with van der Waals surface area (Å²) in [5, 5.41) is 5.00. The molecule has 2 amide bonds. The molecule has 1 aliphatic carbocycles. The van der Waals surface area contributed by atoms with Crippen molar-refractivity contribution in [2.45, 2.75) is 37.9 Å². The molecule has 1 saturated carbocycles. The molecule has 82 valence electrons. The van der Waals surface area contributed by atoms with E-state index in [0.29, 0.717) is 0 Å². The summed E-state index contributed by atoms with van der Waals surface area (Å²) >= 11 is 0. The Morgan fingerprint density at radius 1 is 1.36 bits per heavy atom. The number of rotatable bonds is 4. The van der Waals surface area contributed by atoms with E-state index in [1.807, 2.05) is 0 Å². The Labute approximate surface area is 80.0 Å². The Morgan fingerprint density at radius 2 is 2.00 bits per heavy atom. The fourth-order valence-electron chi connectivity index (χ4n) is 0.955. The minimum atomic E-state index is -4.13. The first-order valence-corrected chi connectivity index (χ1v) is 4.58. The number of hydrogen-bond acceptors (Lipinski definition) is 1. The van der Waals surface area contributed by atoms with Gasteiger partial charge in [0.05, 0.1) is 0 Å². The van der Waals surface area contributed by atoms with Crippen LogP contribution < -0.4 is 10.6 Å². The van der Waals surface area contributed by atoms with Gasteiger partial charge in [-0.2, -0.15) is 13.2 Å². The lowest BCUT2D eigenvalue weighted by Crippen LogP contribution is -2.37. The number of carbonyl (C=O) groups is 1. The second-order valence-corrected chi connectivity index (χ2v) is 3.39. The lowest BCUT2D eigenvalue weighted by atomic mass is 10.3. The van der Waals surface area contributed by atoms with E-state index < -0.39 is 12.6 Å². The van der Waals surface area contributed by atoms with Crippen LogP contribution in [-0.2, 0) is 0 Å². The van der Waals surface area contributed by atoms with Crippen molar-refractivity contribution in [3.8, 4) is 0 Å². The second kappa shape index (κ2) is 4.52. The minimum absolute atomic E-state index is 0.0675. The molecule has 1 aliphatic rings. The van der Waals surface area contributed by atoms with Crippen molar-refractivity contribution in [1.82, 2.24) is 10.6 Å². The van der Waals surface area contributed by atoms with Gasteiger partial charge in [0.15, 0.2) is 0 Å². The lowest BCUT2D eigenvalue weighted by Gasteiger charge is -2.07. The molecule has 0 spiro atoms. The third-order valence-electron chi connectivity index (χ3n) is 1.84. The van der Waals surface area contributed by atoms with Gasteiger partial charge in [0.25, 0.3) is 0 Å². The fourth-order valence-corrected chi connectivity index (χ4v) is 0.955. The topological polar surface area (TPSA) is 41.1 Å². The highest BCUT2D eigenvalue weighted by molar-refractivity contribution is 5.74. The van der Waals surface area contributed by atoms with Crippen molar-refractivity contribution >= 4 is 6.03 Å². The van der Waals surface area contributed by atoms with E-state index >= 15 is 0 Å². The Morgan fingerprint density at radius 3 is 2.50 bits per heavy atom. The van der Waals surface area contributed by atoms with Crippen LogP contribution >= 0.6 is 0 Å². The molecule has 2 N–H and O–H groups in total. The van der Waals surface area contributed by atoms with Crippen LogP contribution in [0.4, 0.5) is 18.0 Å². The van der Waals surface area contributed by atoms with Gasteiger partial charge in [-0.05, 0) is 19.3 Å². The molecule has 0 aromatic carbocycles. The van der Waals surface area contributed by atoms with E-state index in [0.717, 1.165) is 12.8 Å². The molecule has 0 aromatic heterocycles. The van der Waals surface area contributed by atoms with E-state index in [2.05, 4.69) is 10.6 Å². The average molecular weight is 210 g/mol. The van der Waals surface area contributed by atoms with E-state index in [9.17, 15) is 18.0 Å². The molecule has 0 saturated heterocycles. The summed E-state index contributed by atoms with van der Waals surface area (Å²) < 4.78 is 35.0. The fraction of sp³-hybridized carbons (Fsp3) is 0.875. The predicted octanol–water partition coefficient (Wildman–Crippen LogP) is 1.79. The normalized spacial score (nSPS) is 16.5. The van der Waals surface area contributed by atoms with Crippen molar-refractivity contribution in [3.05, 3.63) is 0 Å². The highest BCUT2D eigenvalue weighted by atomic mass is 19.4. The molecule has 1 rings (SSSR count). The standard InChI is InChI=1S/C8H13F3N2O/c9-8(10,11)4-1-5-12-7(14)13-6-2-3-6/h6H,1-5H2,(H2,12,13,14). The largest absolute Gasteiger partial charge is 0.389 e. The maximum absolute atomic E-state index is 11.7. The average Bonchev–Trinajstić information content (AvgIpc) is 2.80. The van der Waals surface area contributed by atoms with Gasteiger partial charge >= 0.3 is 12.2 Å². The van der Waals surface area contributed by atoms with Gasteiger partial charge in [0.1, 0.15) is 0 Å². The van der Waals surface area contributed by atoms with Crippen LogP contribution in [0.2, 0.25) is 0 Å². The smallest absolute Gasteiger partial charge is 0.338 e. The SMILES string of the molecule is O=C(NCCCC(F)(F)F)NC1CC1. The highest BCUT2D eigenvalue weighted by Crippen LogP contribution is 2.20. The minimum Gasteiger partial charge on any atom is -0.338 e. The third-order valence-corrected chi connectivity index (χ3v) is 1.84. The molecule has 0 bridgehead atoms. The van der Waals surface area contributed by atoms with Crippen molar-refractivity contribution in [3.63, 3.8) is 0 Å². The summed E-state index contributed by atoms with van der Waals surface area (Å²) in [4.78, 5) is 10.9. The molecule has 0 aromatic rings. The molecule has 0 heterocycles. The molecule has 14 heavy (non-hydrogen) atoms.